The van der Waals surface area contributed by atoms with Crippen LogP contribution in [0.5, 0.6) is 0 Å². The molecule has 1 N–H and O–H groups in total. The van der Waals surface area contributed by atoms with Gasteiger partial charge in [-0.25, -0.2) is 17.4 Å². The molecule has 1 aromatic carbocycles. The van der Waals surface area contributed by atoms with E-state index in [1.807, 2.05) is 0 Å². The van der Waals surface area contributed by atoms with Crippen molar-refractivity contribution in [2.24, 2.45) is 0 Å². The summed E-state index contributed by atoms with van der Waals surface area (Å²) in [6.45, 7) is 1.41. The summed E-state index contributed by atoms with van der Waals surface area (Å²) < 4.78 is 64.8. The summed E-state index contributed by atoms with van der Waals surface area (Å²) in [6, 6.07) is 2.83. The molecule has 0 aliphatic carbocycles. The smallest absolute Gasteiger partial charge is 0.341 e. The monoisotopic (exact) mass is 490 g/mol. The highest BCUT2D eigenvalue weighted by atomic mass is 35.5. The maximum Gasteiger partial charge on any atom is 0.416 e. The Bertz CT molecular complexity index is 1340. The fraction of sp³-hybridized carbons (Fsp3) is 0.389. The number of alkyl halides is 3. The second-order valence-corrected chi connectivity index (χ2v) is 9.76. The van der Waals surface area contributed by atoms with Crippen LogP contribution in [0.1, 0.15) is 12.0 Å². The number of fused-ring (bicyclic) bond motifs is 1. The summed E-state index contributed by atoms with van der Waals surface area (Å²) in [7, 11) is -3.33. The highest BCUT2D eigenvalue weighted by Crippen LogP contribution is 2.33. The number of hydrogen-bond donors (Lipinski definition) is 1. The van der Waals surface area contributed by atoms with E-state index in [2.05, 4.69) is 15.1 Å². The number of rotatable bonds is 3. The Morgan fingerprint density at radius 3 is 2.56 bits per heavy atom. The van der Waals surface area contributed by atoms with Gasteiger partial charge in [-0.2, -0.15) is 18.2 Å². The Labute approximate surface area is 185 Å². The van der Waals surface area contributed by atoms with Crippen LogP contribution in [-0.2, 0) is 16.2 Å². The first-order valence-electron chi connectivity index (χ1n) is 9.50. The van der Waals surface area contributed by atoms with Gasteiger partial charge >= 0.3 is 6.18 Å². The van der Waals surface area contributed by atoms with Crippen LogP contribution in [0.25, 0.3) is 16.7 Å². The molecule has 3 aromatic rings. The third-order valence-corrected chi connectivity index (χ3v) is 6.73. The molecule has 0 spiro atoms. The van der Waals surface area contributed by atoms with E-state index >= 15 is 0 Å². The summed E-state index contributed by atoms with van der Waals surface area (Å²) in [6.07, 6.45) is -1.50. The Balaban J connectivity index is 1.67. The number of aromatic amines is 1. The number of H-pyrrole nitrogens is 1. The van der Waals surface area contributed by atoms with E-state index < -0.39 is 27.3 Å². The molecular formula is C18H18ClF3N6O3S. The molecule has 2 aromatic heterocycles. The van der Waals surface area contributed by atoms with Crippen LogP contribution < -0.4 is 10.5 Å². The molecule has 172 valence electrons. The van der Waals surface area contributed by atoms with E-state index in [4.69, 9.17) is 11.6 Å². The van der Waals surface area contributed by atoms with Crippen molar-refractivity contribution in [1.29, 1.82) is 0 Å². The van der Waals surface area contributed by atoms with Crippen LogP contribution in [0.4, 0.5) is 19.1 Å². The lowest BCUT2D eigenvalue weighted by molar-refractivity contribution is -0.137. The van der Waals surface area contributed by atoms with Crippen molar-refractivity contribution in [2.75, 3.05) is 37.3 Å². The van der Waals surface area contributed by atoms with Crippen molar-refractivity contribution in [1.82, 2.24) is 24.1 Å². The van der Waals surface area contributed by atoms with E-state index in [-0.39, 0.29) is 34.2 Å². The van der Waals surface area contributed by atoms with E-state index in [0.29, 0.717) is 26.1 Å². The van der Waals surface area contributed by atoms with Crippen molar-refractivity contribution in [2.45, 2.75) is 12.6 Å². The van der Waals surface area contributed by atoms with Crippen molar-refractivity contribution in [3.05, 3.63) is 45.3 Å². The van der Waals surface area contributed by atoms with Gasteiger partial charge in [0.1, 0.15) is 5.39 Å². The second-order valence-electron chi connectivity index (χ2n) is 7.37. The van der Waals surface area contributed by atoms with Crippen molar-refractivity contribution < 1.29 is 21.6 Å². The van der Waals surface area contributed by atoms with Crippen LogP contribution in [0.15, 0.2) is 29.2 Å². The highest BCUT2D eigenvalue weighted by Gasteiger charge is 2.31. The third kappa shape index (κ3) is 4.45. The first-order valence-corrected chi connectivity index (χ1v) is 11.7. The average Bonchev–Trinajstić information content (AvgIpc) is 2.95. The van der Waals surface area contributed by atoms with Gasteiger partial charge in [0.15, 0.2) is 5.65 Å². The van der Waals surface area contributed by atoms with Crippen LogP contribution in [0.2, 0.25) is 5.02 Å². The van der Waals surface area contributed by atoms with Crippen LogP contribution in [-0.4, -0.2) is 64.9 Å². The summed E-state index contributed by atoms with van der Waals surface area (Å²) in [5.74, 6) is 0.238. The lowest BCUT2D eigenvalue weighted by atomic mass is 10.2. The summed E-state index contributed by atoms with van der Waals surface area (Å²) >= 11 is 6.03. The SMILES string of the molecule is CS(=O)(=O)N1CCCN(c2nc3nn(-c4ccc(C(F)(F)F)cc4Cl)cc3c(=O)[nH]2)CC1. The third-order valence-electron chi connectivity index (χ3n) is 5.12. The number of halogens is 4. The maximum absolute atomic E-state index is 12.9. The first kappa shape index (κ1) is 22.6. The lowest BCUT2D eigenvalue weighted by Crippen LogP contribution is -2.35. The van der Waals surface area contributed by atoms with Crippen molar-refractivity contribution in [3.8, 4) is 5.69 Å². The van der Waals surface area contributed by atoms with Gasteiger partial charge in [0.2, 0.25) is 16.0 Å². The molecule has 1 aliphatic rings. The van der Waals surface area contributed by atoms with Gasteiger partial charge in [-0.05, 0) is 24.6 Å². The van der Waals surface area contributed by atoms with E-state index in [0.717, 1.165) is 18.4 Å². The number of benzene rings is 1. The van der Waals surface area contributed by atoms with Gasteiger partial charge in [-0.3, -0.25) is 9.78 Å². The molecule has 0 unspecified atom stereocenters. The van der Waals surface area contributed by atoms with Crippen LogP contribution in [0.3, 0.4) is 0 Å². The maximum atomic E-state index is 12.9. The Morgan fingerprint density at radius 2 is 1.91 bits per heavy atom. The number of nitrogens with zero attached hydrogens (tertiary/aromatic N) is 5. The molecule has 3 heterocycles. The predicted octanol–water partition coefficient (Wildman–Crippen LogP) is 2.25. The Morgan fingerprint density at radius 1 is 1.16 bits per heavy atom. The molecule has 0 atom stereocenters. The molecule has 1 fully saturated rings. The van der Waals surface area contributed by atoms with Gasteiger partial charge in [0, 0.05) is 32.4 Å². The van der Waals surface area contributed by atoms with Gasteiger partial charge in [-0.1, -0.05) is 11.6 Å². The minimum atomic E-state index is -4.54. The topological polar surface area (TPSA) is 104 Å². The largest absolute Gasteiger partial charge is 0.416 e. The highest BCUT2D eigenvalue weighted by molar-refractivity contribution is 7.88. The van der Waals surface area contributed by atoms with Gasteiger partial charge < -0.3 is 4.90 Å². The minimum absolute atomic E-state index is 0.0870. The minimum Gasteiger partial charge on any atom is -0.341 e. The average molecular weight is 491 g/mol. The molecule has 1 aliphatic heterocycles. The van der Waals surface area contributed by atoms with Crippen LogP contribution >= 0.6 is 11.6 Å². The van der Waals surface area contributed by atoms with E-state index in [1.54, 1.807) is 4.90 Å². The number of sulfonamides is 1. The van der Waals surface area contributed by atoms with Crippen LogP contribution in [0, 0.1) is 0 Å². The molecule has 0 amide bonds. The lowest BCUT2D eigenvalue weighted by Gasteiger charge is -2.21. The summed E-state index contributed by atoms with van der Waals surface area (Å²) in [5.41, 5.74) is -1.13. The normalized spacial score (nSPS) is 16.5. The summed E-state index contributed by atoms with van der Waals surface area (Å²) in [4.78, 5) is 21.4. The van der Waals surface area contributed by atoms with E-state index in [9.17, 15) is 26.4 Å². The number of hydrogen-bond acceptors (Lipinski definition) is 6. The fourth-order valence-electron chi connectivity index (χ4n) is 3.48. The Hall–Kier alpha value is -2.64. The van der Waals surface area contributed by atoms with E-state index in [1.165, 1.54) is 21.3 Å². The molecule has 14 heteroatoms. The molecule has 4 rings (SSSR count). The zero-order valence-electron chi connectivity index (χ0n) is 16.7. The molecule has 0 saturated carbocycles. The standard InChI is InChI=1S/C18H18ClF3N6O3S/c1-32(30,31)27-6-2-5-26(7-8-27)17-23-15-12(16(29)24-17)10-28(25-15)14-4-3-11(9-13(14)19)18(20,21)22/h3-4,9-10H,2,5-8H2,1H3,(H,23,24,25,29). The van der Waals surface area contributed by atoms with Gasteiger partial charge in [0.25, 0.3) is 5.56 Å². The molecule has 1 saturated heterocycles. The van der Waals surface area contributed by atoms with Gasteiger partial charge in [-0.15, -0.1) is 5.10 Å². The fourth-order valence-corrected chi connectivity index (χ4v) is 4.63. The van der Waals surface area contributed by atoms with Crippen molar-refractivity contribution in [3.63, 3.8) is 0 Å². The Kier molecular flexibility index (Phi) is 5.67. The summed E-state index contributed by atoms with van der Waals surface area (Å²) in [5, 5.41) is 4.17. The quantitative estimate of drug-likeness (QED) is 0.604. The number of anilines is 1. The molecule has 9 nitrogen and oxygen atoms in total. The second kappa shape index (κ2) is 8.05. The zero-order valence-corrected chi connectivity index (χ0v) is 18.3. The number of aromatic nitrogens is 4. The zero-order chi connectivity index (χ0) is 23.3. The van der Waals surface area contributed by atoms with Gasteiger partial charge in [0.05, 0.1) is 22.5 Å². The van der Waals surface area contributed by atoms with Crippen molar-refractivity contribution >= 4 is 38.6 Å². The number of nitrogens with one attached hydrogen (secondary N) is 1. The molecule has 0 radical (unpaired) electrons. The predicted molar refractivity (Wildman–Crippen MR) is 113 cm³/mol. The first-order chi connectivity index (χ1) is 14.9. The molecule has 32 heavy (non-hydrogen) atoms. The molecule has 0 bridgehead atoms. The molecular weight excluding hydrogens is 473 g/mol.